The molecule has 0 saturated heterocycles. The van der Waals surface area contributed by atoms with Crippen LogP contribution >= 0.6 is 0 Å². The SMILES string of the molecule is Cc1ccc(Nc2ncc(F)c(Nc3ccc4oc(=O)n(OC(=O)C(F)(F)F)c4c3)n2)cc1. The summed E-state index contributed by atoms with van der Waals surface area (Å²) in [6.45, 7) is 1.92. The van der Waals surface area contributed by atoms with E-state index in [1.54, 1.807) is 12.1 Å². The zero-order valence-electron chi connectivity index (χ0n) is 16.6. The first-order valence-electron chi connectivity index (χ1n) is 9.18. The zero-order chi connectivity index (χ0) is 23.8. The molecule has 0 unspecified atom stereocenters. The summed E-state index contributed by atoms with van der Waals surface area (Å²) < 4.78 is 56.6. The minimum Gasteiger partial charge on any atom is -0.405 e. The third-order valence-electron chi connectivity index (χ3n) is 4.26. The van der Waals surface area contributed by atoms with E-state index in [9.17, 15) is 27.2 Å². The van der Waals surface area contributed by atoms with Crippen molar-refractivity contribution in [2.24, 2.45) is 0 Å². The lowest BCUT2D eigenvalue weighted by molar-refractivity contribution is -0.200. The van der Waals surface area contributed by atoms with Gasteiger partial charge in [0.05, 0.1) is 6.20 Å². The Morgan fingerprint density at radius 3 is 2.48 bits per heavy atom. The Labute approximate surface area is 181 Å². The third kappa shape index (κ3) is 4.76. The number of fused-ring (bicyclic) bond motifs is 1. The molecule has 0 radical (unpaired) electrons. The molecule has 0 fully saturated rings. The summed E-state index contributed by atoms with van der Waals surface area (Å²) in [5.41, 5.74) is 1.35. The molecule has 2 aromatic carbocycles. The first-order valence-corrected chi connectivity index (χ1v) is 9.18. The van der Waals surface area contributed by atoms with Crippen molar-refractivity contribution in [1.82, 2.24) is 14.7 Å². The Hall–Kier alpha value is -4.42. The van der Waals surface area contributed by atoms with Gasteiger partial charge in [0, 0.05) is 11.4 Å². The fraction of sp³-hybridized carbons (Fsp3) is 0.100. The number of carbonyl (C=O) groups excluding carboxylic acids is 1. The number of carbonyl (C=O) groups is 1. The normalized spacial score (nSPS) is 11.4. The average Bonchev–Trinajstić information content (AvgIpc) is 3.06. The van der Waals surface area contributed by atoms with E-state index in [-0.39, 0.29) is 33.3 Å². The molecule has 0 saturated carbocycles. The number of aryl methyl sites for hydroxylation is 1. The molecule has 0 aliphatic rings. The predicted molar refractivity (Wildman–Crippen MR) is 108 cm³/mol. The first-order chi connectivity index (χ1) is 15.6. The first kappa shape index (κ1) is 21.8. The number of hydrogen-bond donors (Lipinski definition) is 2. The summed E-state index contributed by atoms with van der Waals surface area (Å²) in [5, 5.41) is 5.54. The summed E-state index contributed by atoms with van der Waals surface area (Å²) >= 11 is 0. The standard InChI is InChI=1S/C20H13F4N5O4/c1-10-2-4-11(5-3-10)27-18-25-9-13(21)16(28-18)26-12-6-7-15-14(8-12)29(19(31)32-15)33-17(30)20(22,23)24/h2-9H,1H3,(H2,25,26,27,28). The zero-order valence-corrected chi connectivity index (χ0v) is 16.6. The molecule has 13 heteroatoms. The summed E-state index contributed by atoms with van der Waals surface area (Å²) in [6, 6.07) is 11.0. The van der Waals surface area contributed by atoms with Crippen molar-refractivity contribution in [3.05, 3.63) is 70.6 Å². The van der Waals surface area contributed by atoms with Gasteiger partial charge in [-0.1, -0.05) is 22.4 Å². The minimum absolute atomic E-state index is 0.0526. The molecule has 0 bridgehead atoms. The van der Waals surface area contributed by atoms with Crippen LogP contribution in [0, 0.1) is 12.7 Å². The monoisotopic (exact) mass is 463 g/mol. The van der Waals surface area contributed by atoms with E-state index in [1.807, 2.05) is 19.1 Å². The number of alkyl halides is 3. The summed E-state index contributed by atoms with van der Waals surface area (Å²) in [7, 11) is 0. The highest BCUT2D eigenvalue weighted by atomic mass is 19.4. The Bertz CT molecular complexity index is 1400. The fourth-order valence-electron chi connectivity index (χ4n) is 2.71. The third-order valence-corrected chi connectivity index (χ3v) is 4.26. The maximum absolute atomic E-state index is 14.3. The van der Waals surface area contributed by atoms with E-state index < -0.39 is 23.7 Å². The Morgan fingerprint density at radius 2 is 1.79 bits per heavy atom. The van der Waals surface area contributed by atoms with Crippen molar-refractivity contribution >= 4 is 40.2 Å². The van der Waals surface area contributed by atoms with E-state index in [2.05, 4.69) is 25.4 Å². The van der Waals surface area contributed by atoms with Crippen molar-refractivity contribution in [1.29, 1.82) is 0 Å². The van der Waals surface area contributed by atoms with E-state index in [0.717, 1.165) is 17.8 Å². The van der Waals surface area contributed by atoms with Gasteiger partial charge in [-0.3, -0.25) is 0 Å². The Balaban J connectivity index is 1.62. The topological polar surface area (TPSA) is 111 Å². The van der Waals surface area contributed by atoms with Crippen LogP contribution in [0.1, 0.15) is 5.56 Å². The van der Waals surface area contributed by atoms with E-state index in [4.69, 9.17) is 4.42 Å². The van der Waals surface area contributed by atoms with Gasteiger partial charge in [0.1, 0.15) is 5.52 Å². The van der Waals surface area contributed by atoms with Crippen LogP contribution in [-0.4, -0.2) is 26.8 Å². The lowest BCUT2D eigenvalue weighted by Gasteiger charge is -2.10. The Morgan fingerprint density at radius 1 is 1.09 bits per heavy atom. The number of nitrogens with zero attached hydrogens (tertiary/aromatic N) is 3. The maximum atomic E-state index is 14.3. The molecule has 0 aliphatic carbocycles. The molecule has 0 aliphatic heterocycles. The van der Waals surface area contributed by atoms with Crippen molar-refractivity contribution < 1.29 is 31.6 Å². The summed E-state index contributed by atoms with van der Waals surface area (Å²) in [4.78, 5) is 34.9. The molecular weight excluding hydrogens is 450 g/mol. The van der Waals surface area contributed by atoms with Crippen molar-refractivity contribution in [3.63, 3.8) is 0 Å². The van der Waals surface area contributed by atoms with Crippen molar-refractivity contribution in [2.45, 2.75) is 13.1 Å². The van der Waals surface area contributed by atoms with Crippen LogP contribution in [0.15, 0.2) is 57.9 Å². The van der Waals surface area contributed by atoms with Crippen LogP contribution in [0.5, 0.6) is 0 Å². The van der Waals surface area contributed by atoms with Gasteiger partial charge >= 0.3 is 17.9 Å². The number of halogens is 4. The highest BCUT2D eigenvalue weighted by molar-refractivity contribution is 5.81. The van der Waals surface area contributed by atoms with Crippen LogP contribution in [-0.2, 0) is 4.79 Å². The molecule has 9 nitrogen and oxygen atoms in total. The average molecular weight is 463 g/mol. The fourth-order valence-corrected chi connectivity index (χ4v) is 2.71. The van der Waals surface area contributed by atoms with E-state index in [1.165, 1.54) is 12.1 Å². The lowest BCUT2D eigenvalue weighted by Crippen LogP contribution is -2.36. The van der Waals surface area contributed by atoms with Gasteiger partial charge in [-0.2, -0.15) is 18.2 Å². The maximum Gasteiger partial charge on any atom is 0.493 e. The molecule has 2 N–H and O–H groups in total. The molecule has 0 spiro atoms. The molecular formula is C20H13F4N5O4. The van der Waals surface area contributed by atoms with Crippen molar-refractivity contribution in [2.75, 3.05) is 10.6 Å². The number of hydrogen-bond acceptors (Lipinski definition) is 8. The highest BCUT2D eigenvalue weighted by Gasteiger charge is 2.42. The molecule has 4 aromatic rings. The van der Waals surface area contributed by atoms with Gasteiger partial charge in [0.2, 0.25) is 5.95 Å². The largest absolute Gasteiger partial charge is 0.493 e. The lowest BCUT2D eigenvalue weighted by atomic mass is 10.2. The molecule has 0 atom stereocenters. The highest BCUT2D eigenvalue weighted by Crippen LogP contribution is 2.24. The van der Waals surface area contributed by atoms with Crippen LogP contribution in [0.3, 0.4) is 0 Å². The number of benzene rings is 2. The minimum atomic E-state index is -5.33. The smallest absolute Gasteiger partial charge is 0.405 e. The summed E-state index contributed by atoms with van der Waals surface area (Å²) in [5.74, 6) is -4.97. The number of oxazole rings is 1. The van der Waals surface area contributed by atoms with Gasteiger partial charge in [-0.15, -0.1) is 0 Å². The van der Waals surface area contributed by atoms with Crippen LogP contribution in [0.4, 0.5) is 40.7 Å². The number of nitrogens with one attached hydrogen (secondary N) is 2. The number of rotatable bonds is 5. The Kier molecular flexibility index (Phi) is 5.45. The quantitative estimate of drug-likeness (QED) is 0.430. The predicted octanol–water partition coefficient (Wildman–Crippen LogP) is 3.84. The van der Waals surface area contributed by atoms with E-state index >= 15 is 0 Å². The van der Waals surface area contributed by atoms with E-state index in [0.29, 0.717) is 5.69 Å². The van der Waals surface area contributed by atoms with Gasteiger partial charge in [-0.05, 0) is 37.3 Å². The second kappa shape index (κ2) is 8.26. The second-order valence-corrected chi connectivity index (χ2v) is 6.73. The number of anilines is 4. The molecule has 33 heavy (non-hydrogen) atoms. The van der Waals surface area contributed by atoms with Crippen molar-refractivity contribution in [3.8, 4) is 0 Å². The second-order valence-electron chi connectivity index (χ2n) is 6.73. The molecule has 2 aromatic heterocycles. The number of aromatic nitrogens is 3. The van der Waals surface area contributed by atoms with Gasteiger partial charge in [0.15, 0.2) is 17.2 Å². The molecule has 4 rings (SSSR count). The molecule has 0 amide bonds. The van der Waals surface area contributed by atoms with Gasteiger partial charge in [-0.25, -0.2) is 19.0 Å². The van der Waals surface area contributed by atoms with Crippen LogP contribution in [0.2, 0.25) is 0 Å². The molecule has 170 valence electrons. The van der Waals surface area contributed by atoms with Crippen LogP contribution < -0.4 is 21.2 Å². The molecule has 2 heterocycles. The van der Waals surface area contributed by atoms with Crippen LogP contribution in [0.25, 0.3) is 11.1 Å². The van der Waals surface area contributed by atoms with Gasteiger partial charge < -0.3 is 19.9 Å². The summed E-state index contributed by atoms with van der Waals surface area (Å²) in [6.07, 6.45) is -4.41. The van der Waals surface area contributed by atoms with Gasteiger partial charge in [0.25, 0.3) is 0 Å².